The van der Waals surface area contributed by atoms with E-state index in [0.717, 1.165) is 22.0 Å². The number of esters is 1. The van der Waals surface area contributed by atoms with Gasteiger partial charge in [-0.25, -0.2) is 9.78 Å². The maximum atomic E-state index is 13.2. The van der Waals surface area contributed by atoms with Gasteiger partial charge in [0.15, 0.2) is 5.60 Å². The van der Waals surface area contributed by atoms with Gasteiger partial charge >= 0.3 is 5.97 Å². The van der Waals surface area contributed by atoms with Crippen LogP contribution in [0.15, 0.2) is 29.1 Å². The molecule has 0 fully saturated rings. The number of aryl methyl sites for hydroxylation is 1. The Kier molecular flexibility index (Phi) is 4.67. The zero-order valence-corrected chi connectivity index (χ0v) is 17.7. The number of cyclic esters (lactones) is 1. The molecule has 2 N–H and O–H groups in total. The maximum Gasteiger partial charge on any atom is 0.343 e. The number of hydrogen-bond donors (Lipinski definition) is 2. The molecule has 4 heterocycles. The summed E-state index contributed by atoms with van der Waals surface area (Å²) in [5, 5.41) is 21.7. The molecule has 30 heavy (non-hydrogen) atoms. The van der Waals surface area contributed by atoms with Crippen molar-refractivity contribution in [1.29, 1.82) is 0 Å². The molecule has 1 atom stereocenters. The minimum Gasteiger partial charge on any atom is -0.508 e. The lowest BCUT2D eigenvalue weighted by molar-refractivity contribution is -0.172. The van der Waals surface area contributed by atoms with Crippen LogP contribution in [0.2, 0.25) is 0 Å². The van der Waals surface area contributed by atoms with Crippen LogP contribution in [0.4, 0.5) is 0 Å². The minimum absolute atomic E-state index is 0. The number of pyridine rings is 2. The summed E-state index contributed by atoms with van der Waals surface area (Å²) in [7, 11) is 0. The van der Waals surface area contributed by atoms with E-state index in [0.29, 0.717) is 35.5 Å². The molecule has 0 bridgehead atoms. The number of hydrogen-bond acceptors (Lipinski definition) is 6. The van der Waals surface area contributed by atoms with Crippen molar-refractivity contribution in [3.8, 4) is 17.1 Å². The van der Waals surface area contributed by atoms with E-state index in [1.54, 1.807) is 35.8 Å². The first kappa shape index (κ1) is 20.4. The van der Waals surface area contributed by atoms with Crippen molar-refractivity contribution >= 4 is 30.4 Å². The SMILES string of the molecule is CCc1c2c(nc3ccc(O)cc13)-c1cc3c(c(=O)n1C2)COC(=O)[C@]3(O)CC.S. The molecule has 0 unspecified atom stereocenters. The summed E-state index contributed by atoms with van der Waals surface area (Å²) >= 11 is 0. The minimum atomic E-state index is -1.83. The quantitative estimate of drug-likeness (QED) is 0.478. The highest BCUT2D eigenvalue weighted by Crippen LogP contribution is 2.40. The fourth-order valence-corrected chi connectivity index (χ4v) is 4.55. The van der Waals surface area contributed by atoms with E-state index in [9.17, 15) is 19.8 Å². The van der Waals surface area contributed by atoms with Crippen LogP contribution in [0.3, 0.4) is 0 Å². The third-order valence-corrected chi connectivity index (χ3v) is 6.14. The van der Waals surface area contributed by atoms with Gasteiger partial charge in [-0.05, 0) is 42.7 Å². The number of nitrogens with zero attached hydrogens (tertiary/aromatic N) is 2. The number of phenolic OH excluding ortho intramolecular Hbond substituents is 1. The van der Waals surface area contributed by atoms with Gasteiger partial charge in [-0.1, -0.05) is 13.8 Å². The van der Waals surface area contributed by atoms with Crippen molar-refractivity contribution in [2.75, 3.05) is 0 Å². The first-order valence-electron chi connectivity index (χ1n) is 9.70. The normalized spacial score (nSPS) is 19.0. The van der Waals surface area contributed by atoms with E-state index in [2.05, 4.69) is 0 Å². The summed E-state index contributed by atoms with van der Waals surface area (Å²) in [5.74, 6) is -0.563. The average Bonchev–Trinajstić information content (AvgIpc) is 3.08. The van der Waals surface area contributed by atoms with E-state index < -0.39 is 11.6 Å². The molecular formula is C22H22N2O5S. The number of carbonyl (C=O) groups excluding carboxylic acids is 1. The Morgan fingerprint density at radius 3 is 2.67 bits per heavy atom. The molecule has 0 aliphatic carbocycles. The van der Waals surface area contributed by atoms with E-state index >= 15 is 0 Å². The molecule has 0 saturated heterocycles. The molecular weight excluding hydrogens is 404 g/mol. The van der Waals surface area contributed by atoms with Crippen LogP contribution >= 0.6 is 13.5 Å². The monoisotopic (exact) mass is 426 g/mol. The Labute approximate surface area is 179 Å². The molecule has 1 aromatic carbocycles. The lowest BCUT2D eigenvalue weighted by atomic mass is 9.86. The number of aromatic nitrogens is 2. The number of fused-ring (bicyclic) bond motifs is 5. The molecule has 0 amide bonds. The molecule has 2 aromatic heterocycles. The van der Waals surface area contributed by atoms with Gasteiger partial charge < -0.3 is 19.5 Å². The van der Waals surface area contributed by atoms with E-state index in [1.165, 1.54) is 0 Å². The highest BCUT2D eigenvalue weighted by molar-refractivity contribution is 7.59. The topological polar surface area (TPSA) is 102 Å². The van der Waals surface area contributed by atoms with Gasteiger partial charge in [-0.3, -0.25) is 4.79 Å². The number of benzene rings is 1. The van der Waals surface area contributed by atoms with Crippen molar-refractivity contribution in [2.24, 2.45) is 0 Å². The Balaban J connectivity index is 0.00000218. The second-order valence-electron chi connectivity index (χ2n) is 7.58. The molecule has 2 aliphatic rings. The van der Waals surface area contributed by atoms with Crippen molar-refractivity contribution in [1.82, 2.24) is 9.55 Å². The third-order valence-electron chi connectivity index (χ3n) is 6.14. The fraction of sp³-hybridized carbons (Fsp3) is 0.318. The van der Waals surface area contributed by atoms with E-state index in [1.807, 2.05) is 6.92 Å². The third kappa shape index (κ3) is 2.53. The van der Waals surface area contributed by atoms with Crippen molar-refractivity contribution in [2.45, 2.75) is 45.4 Å². The molecule has 2 aliphatic heterocycles. The van der Waals surface area contributed by atoms with Gasteiger partial charge in [0.25, 0.3) is 5.56 Å². The lowest BCUT2D eigenvalue weighted by Gasteiger charge is -2.31. The summed E-state index contributed by atoms with van der Waals surface area (Å²) in [4.78, 5) is 30.2. The molecule has 0 saturated carbocycles. The Morgan fingerprint density at radius 1 is 1.20 bits per heavy atom. The molecule has 0 spiro atoms. The van der Waals surface area contributed by atoms with Gasteiger partial charge in [0, 0.05) is 16.5 Å². The number of ether oxygens (including phenoxy) is 1. The first-order valence-corrected chi connectivity index (χ1v) is 9.70. The van der Waals surface area contributed by atoms with Crippen LogP contribution in [-0.2, 0) is 34.7 Å². The second-order valence-corrected chi connectivity index (χ2v) is 7.58. The molecule has 0 radical (unpaired) electrons. The van der Waals surface area contributed by atoms with Crippen LogP contribution in [-0.4, -0.2) is 25.7 Å². The number of aromatic hydroxyl groups is 1. The van der Waals surface area contributed by atoms with Crippen molar-refractivity contribution in [3.05, 3.63) is 56.9 Å². The summed E-state index contributed by atoms with van der Waals surface area (Å²) in [6.07, 6.45) is 0.826. The van der Waals surface area contributed by atoms with Crippen LogP contribution < -0.4 is 5.56 Å². The summed E-state index contributed by atoms with van der Waals surface area (Å²) in [5.41, 5.74) is 2.47. The van der Waals surface area contributed by atoms with Gasteiger partial charge in [0.2, 0.25) is 0 Å². The highest BCUT2D eigenvalue weighted by atomic mass is 32.1. The van der Waals surface area contributed by atoms with E-state index in [-0.39, 0.29) is 37.8 Å². The van der Waals surface area contributed by atoms with Crippen LogP contribution in [0.5, 0.6) is 5.75 Å². The molecule has 8 heteroatoms. The van der Waals surface area contributed by atoms with Crippen LogP contribution in [0, 0.1) is 0 Å². The largest absolute Gasteiger partial charge is 0.508 e. The van der Waals surface area contributed by atoms with Crippen LogP contribution in [0.1, 0.15) is 42.5 Å². The smallest absolute Gasteiger partial charge is 0.343 e. The maximum absolute atomic E-state index is 13.2. The van der Waals surface area contributed by atoms with E-state index in [4.69, 9.17) is 9.72 Å². The fourth-order valence-electron chi connectivity index (χ4n) is 4.55. The molecule has 3 aromatic rings. The predicted molar refractivity (Wildman–Crippen MR) is 116 cm³/mol. The van der Waals surface area contributed by atoms with Crippen LogP contribution in [0.25, 0.3) is 22.3 Å². The van der Waals surface area contributed by atoms with Gasteiger partial charge in [0.1, 0.15) is 12.4 Å². The standard InChI is InChI=1S/C22H20N2O5.H2S/c1-3-12-13-7-11(25)5-6-17(13)23-19-14(12)9-24-18(19)8-16-15(20(24)26)10-29-21(27)22(16,28)4-2;/h5-8,25,28H,3-4,9-10H2,1-2H3;1H2/t22-;/m0./s1. The zero-order valence-electron chi connectivity index (χ0n) is 16.7. The van der Waals surface area contributed by atoms with Gasteiger partial charge in [0.05, 0.1) is 29.0 Å². The molecule has 7 nitrogen and oxygen atoms in total. The average molecular weight is 426 g/mol. The summed E-state index contributed by atoms with van der Waals surface area (Å²) in [6.45, 7) is 3.92. The number of aliphatic hydroxyl groups is 1. The predicted octanol–water partition coefficient (Wildman–Crippen LogP) is 2.46. The van der Waals surface area contributed by atoms with Crippen molar-refractivity contribution in [3.63, 3.8) is 0 Å². The number of carbonyl (C=O) groups is 1. The van der Waals surface area contributed by atoms with Gasteiger partial charge in [-0.2, -0.15) is 13.5 Å². The first-order chi connectivity index (χ1) is 13.9. The zero-order chi connectivity index (χ0) is 20.5. The Bertz CT molecular complexity index is 1280. The summed E-state index contributed by atoms with van der Waals surface area (Å²) < 4.78 is 6.73. The highest BCUT2D eigenvalue weighted by Gasteiger charge is 2.45. The Hall–Kier alpha value is -2.84. The van der Waals surface area contributed by atoms with Crippen molar-refractivity contribution < 1.29 is 19.7 Å². The van der Waals surface area contributed by atoms with Gasteiger partial charge in [-0.15, -0.1) is 0 Å². The molecule has 5 rings (SSSR count). The number of phenols is 1. The molecule has 156 valence electrons. The lowest BCUT2D eigenvalue weighted by Crippen LogP contribution is -2.44. The second kappa shape index (κ2) is 6.85. The Morgan fingerprint density at radius 2 is 1.97 bits per heavy atom. The number of rotatable bonds is 2. The summed E-state index contributed by atoms with van der Waals surface area (Å²) in [6, 6.07) is 6.75.